The van der Waals surface area contributed by atoms with Gasteiger partial charge in [0.05, 0.1) is 55.5 Å². The number of aryl methyl sites for hydroxylation is 3. The molecule has 4 aromatic heterocycles. The third-order valence-corrected chi connectivity index (χ3v) is 14.4. The Morgan fingerprint density at radius 1 is 0.840 bits per heavy atom. The van der Waals surface area contributed by atoms with Crippen molar-refractivity contribution in [2.24, 2.45) is 21.1 Å². The SMILES string of the molecule is C=C1C[C@@H]([C@@H]2OCCN2C(=O)OCCSSc2ccccn2)N(C(=O)c2cc(OC)c(OCCCC(=O)Nc3cc(C(=O)Nc4cc(C(=O)Nc5cc(C(=O)NCCCN(C)C)n(C)c5)n(C)c4)n(C)c3)cc2N)C1. The summed E-state index contributed by atoms with van der Waals surface area (Å²) in [5.41, 5.74) is 9.72. The van der Waals surface area contributed by atoms with Crippen molar-refractivity contribution in [1.29, 1.82) is 0 Å². The van der Waals surface area contributed by atoms with Crippen LogP contribution in [0, 0.1) is 0 Å². The molecule has 5 aromatic rings. The van der Waals surface area contributed by atoms with Crippen LogP contribution in [0.25, 0.3) is 0 Å². The van der Waals surface area contributed by atoms with E-state index in [4.69, 9.17) is 24.7 Å². The Balaban J connectivity index is 0.864. The van der Waals surface area contributed by atoms with Crippen molar-refractivity contribution in [3.05, 3.63) is 108 Å². The van der Waals surface area contributed by atoms with Crippen molar-refractivity contribution >= 4 is 80.0 Å². The Bertz CT molecular complexity index is 2880. The second-order valence-electron chi connectivity index (χ2n) is 18.2. The number of rotatable bonds is 23. The highest BCUT2D eigenvalue weighted by Crippen LogP contribution is 2.37. The van der Waals surface area contributed by atoms with Gasteiger partial charge in [0.1, 0.15) is 28.7 Å². The number of hydrogen-bond donors (Lipinski definition) is 5. The molecule has 1 aromatic carbocycles. The lowest BCUT2D eigenvalue weighted by molar-refractivity contribution is -0.116. The van der Waals surface area contributed by atoms with E-state index in [2.05, 4.69) is 32.8 Å². The number of carbonyl (C=O) groups is 6. The van der Waals surface area contributed by atoms with Gasteiger partial charge in [0.15, 0.2) is 17.7 Å². The number of aromatic nitrogens is 4. The molecule has 0 bridgehead atoms. The molecule has 0 unspecified atom stereocenters. The molecule has 75 heavy (non-hydrogen) atoms. The van der Waals surface area contributed by atoms with Crippen LogP contribution >= 0.6 is 21.6 Å². The number of likely N-dealkylation sites (tertiary alicyclic amines) is 1. The van der Waals surface area contributed by atoms with E-state index in [1.165, 1.54) is 51.8 Å². The van der Waals surface area contributed by atoms with E-state index in [1.54, 1.807) is 76.7 Å². The highest BCUT2D eigenvalue weighted by atomic mass is 33.1. The monoisotopic (exact) mass is 1070 g/mol. The zero-order valence-corrected chi connectivity index (χ0v) is 44.5. The maximum absolute atomic E-state index is 14.2. The number of ether oxygens (including phenoxy) is 4. The molecule has 24 heteroatoms. The fourth-order valence-corrected chi connectivity index (χ4v) is 10.2. The molecule has 0 aliphatic carbocycles. The number of nitrogens with one attached hydrogen (secondary N) is 4. The first-order valence-electron chi connectivity index (χ1n) is 24.2. The summed E-state index contributed by atoms with van der Waals surface area (Å²) in [5, 5.41) is 12.2. The summed E-state index contributed by atoms with van der Waals surface area (Å²) in [5.74, 6) is -0.773. The summed E-state index contributed by atoms with van der Waals surface area (Å²) < 4.78 is 28.0. The third-order valence-electron chi connectivity index (χ3n) is 12.2. The highest BCUT2D eigenvalue weighted by Gasteiger charge is 2.45. The van der Waals surface area contributed by atoms with E-state index in [0.29, 0.717) is 54.4 Å². The van der Waals surface area contributed by atoms with Crippen LogP contribution in [0.3, 0.4) is 0 Å². The van der Waals surface area contributed by atoms with Crippen LogP contribution in [0.5, 0.6) is 11.5 Å². The van der Waals surface area contributed by atoms with E-state index in [1.807, 2.05) is 37.2 Å². The Morgan fingerprint density at radius 3 is 2.12 bits per heavy atom. The zero-order valence-electron chi connectivity index (χ0n) is 42.9. The molecule has 0 radical (unpaired) electrons. The first-order valence-corrected chi connectivity index (χ1v) is 26.5. The molecule has 2 atom stereocenters. The van der Waals surface area contributed by atoms with Crippen LogP contribution in [0.1, 0.15) is 67.5 Å². The predicted molar refractivity (Wildman–Crippen MR) is 287 cm³/mol. The van der Waals surface area contributed by atoms with Gasteiger partial charge >= 0.3 is 6.09 Å². The minimum atomic E-state index is -0.748. The molecule has 2 aliphatic rings. The molecule has 6 heterocycles. The Morgan fingerprint density at radius 2 is 1.49 bits per heavy atom. The Labute approximate surface area is 443 Å². The van der Waals surface area contributed by atoms with Crippen LogP contribution in [0.15, 0.2) is 90.5 Å². The van der Waals surface area contributed by atoms with E-state index < -0.39 is 36.1 Å². The number of nitrogens with zero attached hydrogens (tertiary/aromatic N) is 7. The molecule has 6 N–H and O–H groups in total. The molecule has 7 rings (SSSR count). The molecule has 2 fully saturated rings. The lowest BCUT2D eigenvalue weighted by Crippen LogP contribution is -2.51. The highest BCUT2D eigenvalue weighted by molar-refractivity contribution is 8.76. The number of amides is 6. The molecule has 0 spiro atoms. The van der Waals surface area contributed by atoms with Crippen molar-refractivity contribution in [2.45, 2.75) is 43.0 Å². The van der Waals surface area contributed by atoms with Crippen LogP contribution in [0.2, 0.25) is 0 Å². The van der Waals surface area contributed by atoms with Crippen molar-refractivity contribution in [3.8, 4) is 11.5 Å². The van der Waals surface area contributed by atoms with Gasteiger partial charge in [-0.15, -0.1) is 0 Å². The van der Waals surface area contributed by atoms with Crippen molar-refractivity contribution in [2.75, 3.05) is 94.6 Å². The number of methoxy groups -OCH3 is 1. The first kappa shape index (κ1) is 55.3. The zero-order chi connectivity index (χ0) is 53.8. The predicted octanol–water partition coefficient (Wildman–Crippen LogP) is 5.68. The van der Waals surface area contributed by atoms with Gasteiger partial charge in [-0.1, -0.05) is 29.0 Å². The van der Waals surface area contributed by atoms with Gasteiger partial charge in [-0.3, -0.25) is 28.9 Å². The molecule has 2 aliphatic heterocycles. The third kappa shape index (κ3) is 14.5. The summed E-state index contributed by atoms with van der Waals surface area (Å²) in [6, 6.07) is 12.8. The second kappa shape index (κ2) is 25.7. The van der Waals surface area contributed by atoms with Gasteiger partial charge in [0.2, 0.25) is 5.91 Å². The van der Waals surface area contributed by atoms with E-state index in [0.717, 1.165) is 23.6 Å². The number of anilines is 4. The summed E-state index contributed by atoms with van der Waals surface area (Å²) in [6.45, 7) is 6.63. The molecular weight excluding hydrogens is 1000 g/mol. The van der Waals surface area contributed by atoms with Gasteiger partial charge in [-0.2, -0.15) is 0 Å². The summed E-state index contributed by atoms with van der Waals surface area (Å²) in [7, 11) is 13.5. The fraction of sp³-hybridized carbons (Fsp3) is 0.392. The van der Waals surface area contributed by atoms with Gasteiger partial charge in [0.25, 0.3) is 23.6 Å². The van der Waals surface area contributed by atoms with E-state index in [9.17, 15) is 28.8 Å². The van der Waals surface area contributed by atoms with Gasteiger partial charge in [0, 0.05) is 82.9 Å². The van der Waals surface area contributed by atoms with Crippen LogP contribution in [-0.2, 0) is 35.4 Å². The van der Waals surface area contributed by atoms with Gasteiger partial charge in [-0.25, -0.2) is 9.78 Å². The smallest absolute Gasteiger partial charge is 0.412 e. The summed E-state index contributed by atoms with van der Waals surface area (Å²) in [4.78, 5) is 89.3. The number of benzene rings is 1. The minimum absolute atomic E-state index is 0.0756. The Kier molecular flexibility index (Phi) is 19.0. The number of nitrogen functional groups attached to an aromatic ring is 1. The largest absolute Gasteiger partial charge is 0.493 e. The van der Waals surface area contributed by atoms with Crippen LogP contribution in [0.4, 0.5) is 27.5 Å². The number of nitrogens with two attached hydrogens (primary N) is 1. The number of hydrogen-bond acceptors (Lipinski definition) is 15. The molecule has 6 amide bonds. The Hall–Kier alpha value is -7.41. The molecule has 400 valence electrons. The maximum atomic E-state index is 14.2. The number of pyridine rings is 1. The lowest BCUT2D eigenvalue weighted by Gasteiger charge is -2.33. The quantitative estimate of drug-likeness (QED) is 0.0229. The standard InChI is InChI=1S/C51H64N12O10S2/c1-32-22-41(50-62(17-19-72-50)51(69)73-20-21-74-75-45-13-8-9-14-53-45)63(28-32)49(68)36-26-42(70-7)43(27-37(36)52)71-18-10-12-44(64)55-33-23-39(60(5)29-33)47(66)57-35-25-40(61(6)31-35)48(67)56-34-24-38(59(4)30-34)46(65)54-15-11-16-58(2)3/h8-9,13-14,23-27,29-31,41,50H,1,10-12,15-22,28,52H2,2-7H3,(H,54,65)(H,55,64)(H,56,67)(H,57,66)/t41-,50-/m0/s1. The van der Waals surface area contributed by atoms with Gasteiger partial charge < -0.3 is 69.4 Å². The summed E-state index contributed by atoms with van der Waals surface area (Å²) in [6.07, 6.45) is 6.91. The first-order chi connectivity index (χ1) is 36.0. The summed E-state index contributed by atoms with van der Waals surface area (Å²) >= 11 is 0. The topological polar surface area (TPSA) is 251 Å². The van der Waals surface area contributed by atoms with Crippen molar-refractivity contribution < 1.29 is 47.7 Å². The average Bonchev–Trinajstić information content (AvgIpc) is 4.23. The molecule has 2 saturated heterocycles. The van der Waals surface area contributed by atoms with Crippen molar-refractivity contribution in [1.82, 2.24) is 38.7 Å². The van der Waals surface area contributed by atoms with E-state index >= 15 is 0 Å². The minimum Gasteiger partial charge on any atom is -0.493 e. The lowest BCUT2D eigenvalue weighted by atomic mass is 10.1. The molecular formula is C51H64N12O10S2. The van der Waals surface area contributed by atoms with Crippen molar-refractivity contribution in [3.63, 3.8) is 0 Å². The number of carbonyl (C=O) groups excluding carboxylic acids is 6. The maximum Gasteiger partial charge on any atom is 0.412 e. The second-order valence-corrected chi connectivity index (χ2v) is 20.6. The fourth-order valence-electron chi connectivity index (χ4n) is 8.53. The van der Waals surface area contributed by atoms with Crippen LogP contribution in [-0.4, -0.2) is 154 Å². The molecule has 22 nitrogen and oxygen atoms in total. The van der Waals surface area contributed by atoms with Gasteiger partial charge in [-0.05, 0) is 87.1 Å². The van der Waals surface area contributed by atoms with E-state index in [-0.39, 0.29) is 78.7 Å². The normalized spacial score (nSPS) is 15.3. The average molecular weight is 1070 g/mol. The molecule has 0 saturated carbocycles. The van der Waals surface area contributed by atoms with Crippen LogP contribution < -0.4 is 36.5 Å².